The van der Waals surface area contributed by atoms with Gasteiger partial charge in [-0.3, -0.25) is 4.79 Å². The van der Waals surface area contributed by atoms with Crippen LogP contribution in [0.15, 0.2) is 53.2 Å². The Morgan fingerprint density at radius 1 is 1.09 bits per heavy atom. The molecule has 1 amide bonds. The van der Waals surface area contributed by atoms with Gasteiger partial charge in [-0.1, -0.05) is 18.2 Å². The van der Waals surface area contributed by atoms with Crippen LogP contribution in [0.3, 0.4) is 0 Å². The zero-order valence-electron chi connectivity index (χ0n) is 19.1. The van der Waals surface area contributed by atoms with E-state index >= 15 is 0 Å². The third-order valence-electron chi connectivity index (χ3n) is 5.24. The van der Waals surface area contributed by atoms with Crippen molar-refractivity contribution >= 4 is 23.9 Å². The highest BCUT2D eigenvalue weighted by atomic mass is 16.6. The SMILES string of the molecule is CCOc1ccccc1C1=N/C(=C\c2ccc(OCC(=O)N3CCOCC3)c(OC)c2)C(=O)O1. The van der Waals surface area contributed by atoms with Crippen molar-refractivity contribution in [3.63, 3.8) is 0 Å². The highest BCUT2D eigenvalue weighted by Gasteiger charge is 2.26. The van der Waals surface area contributed by atoms with E-state index in [-0.39, 0.29) is 24.1 Å². The van der Waals surface area contributed by atoms with Gasteiger partial charge in [-0.2, -0.15) is 0 Å². The number of carbonyl (C=O) groups excluding carboxylic acids is 2. The number of aliphatic imine (C=N–C) groups is 1. The first-order chi connectivity index (χ1) is 16.6. The molecule has 178 valence electrons. The largest absolute Gasteiger partial charge is 0.493 e. The number of ether oxygens (including phenoxy) is 5. The molecule has 9 nitrogen and oxygen atoms in total. The zero-order chi connectivity index (χ0) is 23.9. The number of amides is 1. The number of rotatable bonds is 8. The van der Waals surface area contributed by atoms with Crippen LogP contribution >= 0.6 is 0 Å². The summed E-state index contributed by atoms with van der Waals surface area (Å²) in [5.41, 5.74) is 1.42. The van der Waals surface area contributed by atoms with Gasteiger partial charge in [0.2, 0.25) is 5.90 Å². The van der Waals surface area contributed by atoms with Crippen molar-refractivity contribution in [1.82, 2.24) is 4.90 Å². The van der Waals surface area contributed by atoms with Crippen LogP contribution in [0.2, 0.25) is 0 Å². The molecule has 0 aliphatic carbocycles. The van der Waals surface area contributed by atoms with Crippen molar-refractivity contribution in [2.75, 3.05) is 46.6 Å². The average Bonchev–Trinajstić information content (AvgIpc) is 3.23. The molecule has 2 aromatic rings. The Balaban J connectivity index is 1.49. The van der Waals surface area contributed by atoms with Crippen LogP contribution in [-0.4, -0.2) is 69.3 Å². The summed E-state index contributed by atoms with van der Waals surface area (Å²) >= 11 is 0. The second kappa shape index (κ2) is 10.8. The third-order valence-corrected chi connectivity index (χ3v) is 5.24. The van der Waals surface area contributed by atoms with E-state index in [4.69, 9.17) is 23.7 Å². The van der Waals surface area contributed by atoms with Gasteiger partial charge in [-0.25, -0.2) is 9.79 Å². The smallest absolute Gasteiger partial charge is 0.363 e. The zero-order valence-corrected chi connectivity index (χ0v) is 19.1. The first-order valence-corrected chi connectivity index (χ1v) is 11.0. The molecule has 0 atom stereocenters. The Hall–Kier alpha value is -3.85. The summed E-state index contributed by atoms with van der Waals surface area (Å²) in [7, 11) is 1.51. The van der Waals surface area contributed by atoms with Gasteiger partial charge in [0.15, 0.2) is 23.8 Å². The number of carbonyl (C=O) groups is 2. The molecule has 1 saturated heterocycles. The molecule has 0 aromatic heterocycles. The fourth-order valence-electron chi connectivity index (χ4n) is 3.54. The number of para-hydroxylation sites is 1. The van der Waals surface area contributed by atoms with Gasteiger partial charge in [0.1, 0.15) is 5.75 Å². The second-order valence-electron chi connectivity index (χ2n) is 7.46. The molecule has 0 radical (unpaired) electrons. The molecule has 1 fully saturated rings. The van der Waals surface area contributed by atoms with E-state index < -0.39 is 5.97 Å². The summed E-state index contributed by atoms with van der Waals surface area (Å²) in [6.07, 6.45) is 1.60. The van der Waals surface area contributed by atoms with Gasteiger partial charge >= 0.3 is 5.97 Å². The minimum absolute atomic E-state index is 0.101. The molecule has 4 rings (SSSR count). The Morgan fingerprint density at radius 2 is 1.88 bits per heavy atom. The fraction of sp³-hybridized carbons (Fsp3) is 0.320. The first-order valence-electron chi connectivity index (χ1n) is 11.0. The van der Waals surface area contributed by atoms with Crippen LogP contribution in [-0.2, 0) is 19.1 Å². The van der Waals surface area contributed by atoms with Gasteiger partial charge in [-0.15, -0.1) is 0 Å². The number of cyclic esters (lactones) is 1. The molecule has 0 saturated carbocycles. The molecule has 2 heterocycles. The van der Waals surface area contributed by atoms with Crippen LogP contribution in [0.5, 0.6) is 17.2 Å². The van der Waals surface area contributed by atoms with Crippen LogP contribution in [0.25, 0.3) is 6.08 Å². The van der Waals surface area contributed by atoms with Gasteiger partial charge in [0.05, 0.1) is 32.5 Å². The molecule has 0 spiro atoms. The van der Waals surface area contributed by atoms with Crippen molar-refractivity contribution in [2.24, 2.45) is 4.99 Å². The topological polar surface area (TPSA) is 95.9 Å². The van der Waals surface area contributed by atoms with E-state index in [1.807, 2.05) is 19.1 Å². The van der Waals surface area contributed by atoms with Gasteiger partial charge in [0, 0.05) is 13.1 Å². The van der Waals surface area contributed by atoms with Crippen molar-refractivity contribution in [1.29, 1.82) is 0 Å². The summed E-state index contributed by atoms with van der Waals surface area (Å²) in [5.74, 6) is 0.967. The molecule has 0 unspecified atom stereocenters. The van der Waals surface area contributed by atoms with Gasteiger partial charge in [-0.05, 0) is 42.8 Å². The molecule has 2 aromatic carbocycles. The minimum atomic E-state index is -0.559. The standard InChI is InChI=1S/C25H26N2O7/c1-3-32-20-7-5-4-6-18(20)24-26-19(25(29)34-24)14-17-8-9-21(22(15-17)30-2)33-16-23(28)27-10-12-31-13-11-27/h4-9,14-15H,3,10-13,16H2,1-2H3/b19-14-. The fourth-order valence-corrected chi connectivity index (χ4v) is 3.54. The van der Waals surface area contributed by atoms with Crippen molar-refractivity contribution in [2.45, 2.75) is 6.92 Å². The van der Waals surface area contributed by atoms with Crippen LogP contribution in [0, 0.1) is 0 Å². The number of morpholine rings is 1. The molecular formula is C25H26N2O7. The van der Waals surface area contributed by atoms with E-state index in [1.165, 1.54) is 7.11 Å². The van der Waals surface area contributed by atoms with Crippen LogP contribution < -0.4 is 14.2 Å². The Labute approximate surface area is 197 Å². The predicted octanol–water partition coefficient (Wildman–Crippen LogP) is 2.68. The van der Waals surface area contributed by atoms with Crippen molar-refractivity contribution in [3.8, 4) is 17.2 Å². The average molecular weight is 466 g/mol. The molecule has 0 bridgehead atoms. The normalized spacial score (nSPS) is 16.8. The maximum absolute atomic E-state index is 12.4. The van der Waals surface area contributed by atoms with E-state index in [0.29, 0.717) is 61.3 Å². The van der Waals surface area contributed by atoms with E-state index in [1.54, 1.807) is 41.3 Å². The summed E-state index contributed by atoms with van der Waals surface area (Å²) < 4.78 is 27.4. The molecule has 2 aliphatic rings. The number of hydrogen-bond donors (Lipinski definition) is 0. The molecular weight excluding hydrogens is 440 g/mol. The Morgan fingerprint density at radius 3 is 2.65 bits per heavy atom. The quantitative estimate of drug-likeness (QED) is 0.436. The lowest BCUT2D eigenvalue weighted by Gasteiger charge is -2.26. The summed E-state index contributed by atoms with van der Waals surface area (Å²) in [5, 5.41) is 0. The first kappa shape index (κ1) is 23.3. The molecule has 0 N–H and O–H groups in total. The maximum atomic E-state index is 12.4. The second-order valence-corrected chi connectivity index (χ2v) is 7.46. The summed E-state index contributed by atoms with van der Waals surface area (Å²) in [4.78, 5) is 30.8. The number of methoxy groups -OCH3 is 1. The van der Waals surface area contributed by atoms with Crippen molar-refractivity contribution in [3.05, 3.63) is 59.3 Å². The number of nitrogens with zero attached hydrogens (tertiary/aromatic N) is 2. The minimum Gasteiger partial charge on any atom is -0.493 e. The third kappa shape index (κ3) is 5.37. The van der Waals surface area contributed by atoms with E-state index in [0.717, 1.165) is 0 Å². The molecule has 9 heteroatoms. The lowest BCUT2D eigenvalue weighted by Crippen LogP contribution is -2.43. The van der Waals surface area contributed by atoms with Gasteiger partial charge < -0.3 is 28.6 Å². The Bertz CT molecular complexity index is 1120. The number of benzene rings is 2. The van der Waals surface area contributed by atoms with Crippen LogP contribution in [0.4, 0.5) is 0 Å². The van der Waals surface area contributed by atoms with Crippen LogP contribution in [0.1, 0.15) is 18.1 Å². The van der Waals surface area contributed by atoms with Gasteiger partial charge in [0.25, 0.3) is 5.91 Å². The lowest BCUT2D eigenvalue weighted by atomic mass is 10.1. The van der Waals surface area contributed by atoms with E-state index in [9.17, 15) is 9.59 Å². The maximum Gasteiger partial charge on any atom is 0.363 e. The molecule has 34 heavy (non-hydrogen) atoms. The van der Waals surface area contributed by atoms with Crippen molar-refractivity contribution < 1.29 is 33.3 Å². The monoisotopic (exact) mass is 466 g/mol. The summed E-state index contributed by atoms with van der Waals surface area (Å²) in [6.45, 7) is 4.43. The predicted molar refractivity (Wildman–Crippen MR) is 124 cm³/mol. The lowest BCUT2D eigenvalue weighted by molar-refractivity contribution is -0.137. The number of esters is 1. The Kier molecular flexibility index (Phi) is 7.44. The summed E-state index contributed by atoms with van der Waals surface area (Å²) in [6, 6.07) is 12.4. The molecule has 2 aliphatic heterocycles. The highest BCUT2D eigenvalue weighted by Crippen LogP contribution is 2.30. The number of hydrogen-bond acceptors (Lipinski definition) is 8. The van der Waals surface area contributed by atoms with E-state index in [2.05, 4.69) is 4.99 Å². The highest BCUT2D eigenvalue weighted by molar-refractivity contribution is 6.13.